The first-order valence-corrected chi connectivity index (χ1v) is 3.40. The Hall–Kier alpha value is -0.260. The zero-order valence-electron chi connectivity index (χ0n) is 6.57. The third-order valence-corrected chi connectivity index (χ3v) is 0.833. The Balaban J connectivity index is -0.0000000300. The van der Waals surface area contributed by atoms with Crippen LogP contribution in [0, 0.1) is 0 Å². The first-order chi connectivity index (χ1) is 3.83. The number of allylic oxidation sites excluding steroid dienone is 2. The van der Waals surface area contributed by atoms with Gasteiger partial charge in [-0.2, -0.15) is 0 Å². The lowest BCUT2D eigenvalue weighted by atomic mass is 10.4. The molecule has 54 valence electrons. The van der Waals surface area contributed by atoms with Crippen molar-refractivity contribution in [3.8, 4) is 0 Å². The Morgan fingerprint density at radius 1 is 1.00 bits per heavy atom. The molecule has 0 saturated heterocycles. The lowest BCUT2D eigenvalue weighted by molar-refractivity contribution is 0.886. The summed E-state index contributed by atoms with van der Waals surface area (Å²) in [5.41, 5.74) is 0. The summed E-state index contributed by atoms with van der Waals surface area (Å²) in [5.74, 6) is 0. The van der Waals surface area contributed by atoms with E-state index in [1.54, 1.807) is 0 Å². The van der Waals surface area contributed by atoms with Crippen LogP contribution >= 0.6 is 0 Å². The number of hydrogen-bond acceptors (Lipinski definition) is 0. The second kappa shape index (κ2) is 15.9. The van der Waals surface area contributed by atoms with Crippen molar-refractivity contribution in [2.75, 3.05) is 0 Å². The Labute approximate surface area is 56.6 Å². The molecular weight excluding hydrogens is 96.1 g/mol. The standard InChI is InChI=1S/C4H10.C4H8.2H2/c2*1-3-4-2;;/h3-4H2,1-2H3;3-4H,1-2H3;2*1H/b;4-3-;;. The van der Waals surface area contributed by atoms with Crippen LogP contribution in [-0.4, -0.2) is 0 Å². The van der Waals surface area contributed by atoms with Crippen LogP contribution in [0.2, 0.25) is 0 Å². The summed E-state index contributed by atoms with van der Waals surface area (Å²) in [4.78, 5) is 0. The van der Waals surface area contributed by atoms with E-state index in [1.165, 1.54) is 12.8 Å². The van der Waals surface area contributed by atoms with E-state index >= 15 is 0 Å². The van der Waals surface area contributed by atoms with Crippen LogP contribution in [0.1, 0.15) is 43.4 Å². The summed E-state index contributed by atoms with van der Waals surface area (Å²) in [6.07, 6.45) is 6.64. The van der Waals surface area contributed by atoms with E-state index in [1.807, 2.05) is 26.0 Å². The topological polar surface area (TPSA) is 0 Å². The third kappa shape index (κ3) is 42.6. The molecule has 0 fully saturated rings. The number of unbranched alkanes of at least 4 members (excludes halogenated alkanes) is 1. The molecule has 0 nitrogen and oxygen atoms in total. The van der Waals surface area contributed by atoms with Crippen LogP contribution in [-0.2, 0) is 0 Å². The van der Waals surface area contributed by atoms with Crippen LogP contribution in [0.15, 0.2) is 12.2 Å². The average molecular weight is 118 g/mol. The monoisotopic (exact) mass is 118 g/mol. The maximum Gasteiger partial charge on any atom is 0 e. The van der Waals surface area contributed by atoms with Gasteiger partial charge in [0.2, 0.25) is 0 Å². The minimum Gasteiger partial charge on any atom is -0.0919 e. The molecule has 0 aromatic carbocycles. The largest absolute Gasteiger partial charge is 0.0919 e. The molecule has 0 aliphatic heterocycles. The minimum atomic E-state index is 0. The van der Waals surface area contributed by atoms with Gasteiger partial charge in [-0.1, -0.05) is 38.8 Å². The Morgan fingerprint density at radius 2 is 1.25 bits per heavy atom. The van der Waals surface area contributed by atoms with Gasteiger partial charge < -0.3 is 0 Å². The highest BCUT2D eigenvalue weighted by molar-refractivity contribution is 4.68. The maximum absolute atomic E-state index is 2.18. The van der Waals surface area contributed by atoms with Gasteiger partial charge in [-0.25, -0.2) is 0 Å². The van der Waals surface area contributed by atoms with E-state index in [0.29, 0.717) is 0 Å². The maximum atomic E-state index is 2.18. The second-order valence-corrected chi connectivity index (χ2v) is 1.67. The van der Waals surface area contributed by atoms with E-state index in [9.17, 15) is 0 Å². The van der Waals surface area contributed by atoms with Gasteiger partial charge in [0.15, 0.2) is 0 Å². The van der Waals surface area contributed by atoms with Gasteiger partial charge >= 0.3 is 0 Å². The van der Waals surface area contributed by atoms with Crippen molar-refractivity contribution in [2.45, 2.75) is 40.5 Å². The summed E-state index contributed by atoms with van der Waals surface area (Å²) < 4.78 is 0. The van der Waals surface area contributed by atoms with Crippen LogP contribution in [0.25, 0.3) is 0 Å². The molecule has 0 radical (unpaired) electrons. The summed E-state index contributed by atoms with van der Waals surface area (Å²) in [6.45, 7) is 8.36. The average Bonchev–Trinajstić information content (AvgIpc) is 1.88. The summed E-state index contributed by atoms with van der Waals surface area (Å²) in [6, 6.07) is 0. The molecule has 0 heteroatoms. The second-order valence-electron chi connectivity index (χ2n) is 1.67. The predicted octanol–water partition coefficient (Wildman–Crippen LogP) is 3.88. The zero-order valence-corrected chi connectivity index (χ0v) is 6.57. The van der Waals surface area contributed by atoms with Crippen molar-refractivity contribution in [3.05, 3.63) is 12.2 Å². The van der Waals surface area contributed by atoms with Gasteiger partial charge in [0, 0.05) is 2.85 Å². The SMILES string of the molecule is C/C=C\C.CCCC.[HH].[HH]. The van der Waals surface area contributed by atoms with E-state index in [2.05, 4.69) is 13.8 Å². The van der Waals surface area contributed by atoms with Crippen molar-refractivity contribution in [3.63, 3.8) is 0 Å². The van der Waals surface area contributed by atoms with Crippen molar-refractivity contribution in [2.24, 2.45) is 0 Å². The Kier molecular flexibility index (Phi) is 21.2. The van der Waals surface area contributed by atoms with Crippen LogP contribution in [0.4, 0.5) is 0 Å². The molecule has 0 rings (SSSR count). The molecule has 8 heavy (non-hydrogen) atoms. The molecule has 0 aliphatic rings. The first-order valence-electron chi connectivity index (χ1n) is 3.40. The molecule has 0 aliphatic carbocycles. The molecule has 0 atom stereocenters. The van der Waals surface area contributed by atoms with Crippen LogP contribution in [0.5, 0.6) is 0 Å². The van der Waals surface area contributed by atoms with Gasteiger partial charge in [-0.05, 0) is 13.8 Å². The highest BCUT2D eigenvalue weighted by Crippen LogP contribution is 1.76. The normalized spacial score (nSPS) is 8.50. The molecule has 0 heterocycles. The highest BCUT2D eigenvalue weighted by atomic mass is 13.6. The van der Waals surface area contributed by atoms with Crippen LogP contribution in [0.3, 0.4) is 0 Å². The molecule has 0 aromatic rings. The molecule has 0 amide bonds. The molecular formula is C8H22. The number of rotatable bonds is 1. The van der Waals surface area contributed by atoms with E-state index in [-0.39, 0.29) is 2.85 Å². The lowest BCUT2D eigenvalue weighted by Crippen LogP contribution is -1.47. The summed E-state index contributed by atoms with van der Waals surface area (Å²) in [7, 11) is 0. The molecule has 0 spiro atoms. The van der Waals surface area contributed by atoms with Crippen molar-refractivity contribution < 1.29 is 2.85 Å². The fraction of sp³-hybridized carbons (Fsp3) is 0.750. The van der Waals surface area contributed by atoms with Gasteiger partial charge in [-0.15, -0.1) is 0 Å². The lowest BCUT2D eigenvalue weighted by Gasteiger charge is -1.68. The van der Waals surface area contributed by atoms with Gasteiger partial charge in [0.25, 0.3) is 0 Å². The predicted molar refractivity (Wildman–Crippen MR) is 45.3 cm³/mol. The highest BCUT2D eigenvalue weighted by Gasteiger charge is 1.56. The van der Waals surface area contributed by atoms with Gasteiger partial charge in [0.1, 0.15) is 0 Å². The quantitative estimate of drug-likeness (QED) is 0.458. The molecule has 0 unspecified atom stereocenters. The van der Waals surface area contributed by atoms with E-state index in [0.717, 1.165) is 0 Å². The Bertz CT molecular complexity index is 36.5. The first kappa shape index (κ1) is 10.7. The summed E-state index contributed by atoms with van der Waals surface area (Å²) >= 11 is 0. The zero-order chi connectivity index (χ0) is 6.83. The van der Waals surface area contributed by atoms with Gasteiger partial charge in [0.05, 0.1) is 0 Å². The number of hydrogen-bond donors (Lipinski definition) is 0. The van der Waals surface area contributed by atoms with E-state index < -0.39 is 0 Å². The fourth-order valence-corrected chi connectivity index (χ4v) is 0. The van der Waals surface area contributed by atoms with Crippen molar-refractivity contribution in [1.29, 1.82) is 0 Å². The molecule has 0 N–H and O–H groups in total. The van der Waals surface area contributed by atoms with Gasteiger partial charge in [-0.3, -0.25) is 0 Å². The smallest absolute Gasteiger partial charge is 0 e. The fourth-order valence-electron chi connectivity index (χ4n) is 0. The third-order valence-electron chi connectivity index (χ3n) is 0.833. The Morgan fingerprint density at radius 3 is 1.25 bits per heavy atom. The van der Waals surface area contributed by atoms with E-state index in [4.69, 9.17) is 0 Å². The molecule has 0 saturated carbocycles. The molecule has 0 aromatic heterocycles. The summed E-state index contributed by atoms with van der Waals surface area (Å²) in [5, 5.41) is 0. The minimum absolute atomic E-state index is 0. The van der Waals surface area contributed by atoms with Crippen LogP contribution < -0.4 is 0 Å². The van der Waals surface area contributed by atoms with Crippen molar-refractivity contribution >= 4 is 0 Å². The van der Waals surface area contributed by atoms with Crippen molar-refractivity contribution in [1.82, 2.24) is 0 Å². The molecule has 0 bridgehead atoms.